The molecule has 0 bridgehead atoms. The molecule has 2 aromatic rings. The number of aromatic nitrogens is 4. The maximum absolute atomic E-state index is 5.73. The summed E-state index contributed by atoms with van der Waals surface area (Å²) >= 11 is 0. The van der Waals surface area contributed by atoms with Gasteiger partial charge in [-0.05, 0) is 13.0 Å². The number of nitrogens with zero attached hydrogens (tertiary/aromatic N) is 4. The van der Waals surface area contributed by atoms with Crippen LogP contribution in [0.25, 0.3) is 0 Å². The van der Waals surface area contributed by atoms with E-state index in [2.05, 4.69) is 10.1 Å². The molecule has 0 aliphatic carbocycles. The van der Waals surface area contributed by atoms with Gasteiger partial charge in [-0.2, -0.15) is 5.10 Å². The normalized spacial score (nSPS) is 10.7. The van der Waals surface area contributed by atoms with Gasteiger partial charge in [-0.1, -0.05) is 0 Å². The molecule has 0 aliphatic heterocycles. The zero-order valence-electron chi connectivity index (χ0n) is 8.31. The summed E-state index contributed by atoms with van der Waals surface area (Å²) in [6, 6.07) is 1.97. The summed E-state index contributed by atoms with van der Waals surface area (Å²) in [4.78, 5) is 4.13. The molecule has 2 aromatic heterocycles. The van der Waals surface area contributed by atoms with E-state index in [-0.39, 0.29) is 0 Å². The second-order valence-corrected chi connectivity index (χ2v) is 3.31. The van der Waals surface area contributed by atoms with Crippen LogP contribution in [0.15, 0.2) is 18.5 Å². The number of rotatable bonds is 2. The predicted molar refractivity (Wildman–Crippen MR) is 53.7 cm³/mol. The number of anilines is 1. The van der Waals surface area contributed by atoms with Gasteiger partial charge in [0.15, 0.2) is 0 Å². The Balaban J connectivity index is 2.27. The van der Waals surface area contributed by atoms with E-state index in [1.165, 1.54) is 0 Å². The van der Waals surface area contributed by atoms with Gasteiger partial charge in [-0.15, -0.1) is 0 Å². The first kappa shape index (κ1) is 8.80. The van der Waals surface area contributed by atoms with Gasteiger partial charge in [0.05, 0.1) is 17.9 Å². The molecule has 0 fully saturated rings. The molecule has 0 aliphatic rings. The average Bonchev–Trinajstić information content (AvgIpc) is 2.62. The highest BCUT2D eigenvalue weighted by molar-refractivity contribution is 5.22. The van der Waals surface area contributed by atoms with Crippen LogP contribution >= 0.6 is 0 Å². The van der Waals surface area contributed by atoms with Gasteiger partial charge >= 0.3 is 0 Å². The maximum Gasteiger partial charge on any atom is 0.200 e. The molecule has 0 saturated carbocycles. The Hall–Kier alpha value is -1.78. The van der Waals surface area contributed by atoms with Crippen LogP contribution in [0.5, 0.6) is 0 Å². The van der Waals surface area contributed by atoms with E-state index in [4.69, 9.17) is 5.73 Å². The van der Waals surface area contributed by atoms with Crippen molar-refractivity contribution in [1.29, 1.82) is 0 Å². The van der Waals surface area contributed by atoms with Gasteiger partial charge in [0.1, 0.15) is 0 Å². The van der Waals surface area contributed by atoms with Crippen molar-refractivity contribution in [2.45, 2.75) is 13.5 Å². The number of imidazole rings is 1. The lowest BCUT2D eigenvalue weighted by molar-refractivity contribution is 0.670. The molecular weight excluding hydrogens is 178 g/mol. The number of aryl methyl sites for hydroxylation is 2. The van der Waals surface area contributed by atoms with Crippen molar-refractivity contribution in [1.82, 2.24) is 19.3 Å². The zero-order valence-corrected chi connectivity index (χ0v) is 8.31. The van der Waals surface area contributed by atoms with Gasteiger partial charge in [0.25, 0.3) is 0 Å². The number of nitrogen functional groups attached to an aromatic ring is 1. The molecule has 0 radical (unpaired) electrons. The summed E-state index contributed by atoms with van der Waals surface area (Å²) in [5.41, 5.74) is 7.77. The average molecular weight is 191 g/mol. The van der Waals surface area contributed by atoms with E-state index in [1.807, 2.05) is 35.5 Å². The number of hydrogen-bond donors (Lipinski definition) is 1. The Bertz CT molecular complexity index is 440. The summed E-state index contributed by atoms with van der Waals surface area (Å²) in [6.07, 6.45) is 3.71. The van der Waals surface area contributed by atoms with Crippen molar-refractivity contribution in [2.24, 2.45) is 7.05 Å². The molecule has 0 unspecified atom stereocenters. The molecule has 0 amide bonds. The van der Waals surface area contributed by atoms with Crippen LogP contribution in [0.4, 0.5) is 5.95 Å². The van der Waals surface area contributed by atoms with Crippen LogP contribution in [-0.4, -0.2) is 19.3 Å². The fourth-order valence-electron chi connectivity index (χ4n) is 1.42. The first-order valence-corrected chi connectivity index (χ1v) is 4.43. The molecule has 0 aromatic carbocycles. The highest BCUT2D eigenvalue weighted by Gasteiger charge is 2.04. The topological polar surface area (TPSA) is 61.7 Å². The molecule has 5 nitrogen and oxygen atoms in total. The van der Waals surface area contributed by atoms with E-state index in [0.29, 0.717) is 12.5 Å². The van der Waals surface area contributed by atoms with Crippen LogP contribution < -0.4 is 5.73 Å². The third-order valence-electron chi connectivity index (χ3n) is 2.18. The Labute approximate surface area is 82.2 Å². The van der Waals surface area contributed by atoms with E-state index in [1.54, 1.807) is 6.20 Å². The van der Waals surface area contributed by atoms with Gasteiger partial charge in [-0.3, -0.25) is 4.68 Å². The standard InChI is InChI=1S/C9H13N5/c1-7-5-14(9(10)12-7)6-8-3-4-11-13(8)2/h3-5H,6H2,1-2H3,(H2,10,12). The first-order valence-electron chi connectivity index (χ1n) is 4.43. The van der Waals surface area contributed by atoms with Crippen LogP contribution in [0.1, 0.15) is 11.4 Å². The summed E-state index contributed by atoms with van der Waals surface area (Å²) < 4.78 is 3.74. The predicted octanol–water partition coefficient (Wildman–Crippen LogP) is 0.556. The molecule has 5 heteroatoms. The van der Waals surface area contributed by atoms with Crippen molar-refractivity contribution in [3.63, 3.8) is 0 Å². The summed E-state index contributed by atoms with van der Waals surface area (Å²) in [5, 5.41) is 4.09. The molecule has 74 valence electrons. The van der Waals surface area contributed by atoms with Gasteiger partial charge in [0.2, 0.25) is 5.95 Å². The fourth-order valence-corrected chi connectivity index (χ4v) is 1.42. The van der Waals surface area contributed by atoms with Crippen LogP contribution in [0.3, 0.4) is 0 Å². The summed E-state index contributed by atoms with van der Waals surface area (Å²) in [7, 11) is 1.91. The SMILES string of the molecule is Cc1cn(Cc2ccnn2C)c(N)n1. The van der Waals surface area contributed by atoms with Crippen molar-refractivity contribution in [3.05, 3.63) is 29.8 Å². The number of hydrogen-bond acceptors (Lipinski definition) is 3. The highest BCUT2D eigenvalue weighted by atomic mass is 15.3. The smallest absolute Gasteiger partial charge is 0.200 e. The minimum Gasteiger partial charge on any atom is -0.369 e. The minimum absolute atomic E-state index is 0.545. The van der Waals surface area contributed by atoms with E-state index in [0.717, 1.165) is 11.4 Å². The second kappa shape index (κ2) is 3.17. The Kier molecular flexibility index (Phi) is 1.99. The van der Waals surface area contributed by atoms with Gasteiger partial charge in [0, 0.05) is 19.4 Å². The molecular formula is C9H13N5. The van der Waals surface area contributed by atoms with E-state index < -0.39 is 0 Å². The molecule has 2 rings (SSSR count). The summed E-state index contributed by atoms with van der Waals surface area (Å²) in [5.74, 6) is 0.545. The third kappa shape index (κ3) is 1.48. The molecule has 2 N–H and O–H groups in total. The monoisotopic (exact) mass is 191 g/mol. The second-order valence-electron chi connectivity index (χ2n) is 3.31. The van der Waals surface area contributed by atoms with Gasteiger partial charge in [-0.25, -0.2) is 4.98 Å². The Morgan fingerprint density at radius 1 is 1.50 bits per heavy atom. The molecule has 0 spiro atoms. The molecule has 0 atom stereocenters. The Morgan fingerprint density at radius 2 is 2.29 bits per heavy atom. The highest BCUT2D eigenvalue weighted by Crippen LogP contribution is 2.07. The van der Waals surface area contributed by atoms with Gasteiger partial charge < -0.3 is 10.3 Å². The summed E-state index contributed by atoms with van der Waals surface area (Å²) in [6.45, 7) is 2.64. The maximum atomic E-state index is 5.73. The lowest BCUT2D eigenvalue weighted by Crippen LogP contribution is -2.07. The number of nitrogens with two attached hydrogens (primary N) is 1. The van der Waals surface area contributed by atoms with Crippen molar-refractivity contribution >= 4 is 5.95 Å². The lowest BCUT2D eigenvalue weighted by atomic mass is 10.4. The van der Waals surface area contributed by atoms with E-state index in [9.17, 15) is 0 Å². The minimum atomic E-state index is 0.545. The van der Waals surface area contributed by atoms with Crippen molar-refractivity contribution < 1.29 is 0 Å². The third-order valence-corrected chi connectivity index (χ3v) is 2.18. The van der Waals surface area contributed by atoms with Crippen LogP contribution in [0, 0.1) is 6.92 Å². The zero-order chi connectivity index (χ0) is 10.1. The van der Waals surface area contributed by atoms with Crippen molar-refractivity contribution in [3.8, 4) is 0 Å². The lowest BCUT2D eigenvalue weighted by Gasteiger charge is -2.04. The Morgan fingerprint density at radius 3 is 2.79 bits per heavy atom. The molecule has 0 saturated heterocycles. The quantitative estimate of drug-likeness (QED) is 0.754. The van der Waals surface area contributed by atoms with Crippen LogP contribution in [-0.2, 0) is 13.6 Å². The first-order chi connectivity index (χ1) is 6.66. The molecule has 14 heavy (non-hydrogen) atoms. The van der Waals surface area contributed by atoms with Crippen LogP contribution in [0.2, 0.25) is 0 Å². The van der Waals surface area contributed by atoms with Crippen molar-refractivity contribution in [2.75, 3.05) is 5.73 Å². The largest absolute Gasteiger partial charge is 0.369 e. The fraction of sp³-hybridized carbons (Fsp3) is 0.333. The van der Waals surface area contributed by atoms with E-state index >= 15 is 0 Å². The molecule has 2 heterocycles.